The number of rotatable bonds is 3. The number of ether oxygens (including phenoxy) is 1. The number of amides is 2. The number of carbonyl (C=O) groups is 2. The fourth-order valence-corrected chi connectivity index (χ4v) is 5.18. The van der Waals surface area contributed by atoms with Gasteiger partial charge in [-0.05, 0) is 69.9 Å². The van der Waals surface area contributed by atoms with Gasteiger partial charge in [-0.15, -0.1) is 0 Å². The van der Waals surface area contributed by atoms with E-state index in [0.717, 1.165) is 74.6 Å². The normalized spacial score (nSPS) is 21.1. The summed E-state index contributed by atoms with van der Waals surface area (Å²) in [5, 5.41) is 7.51. The van der Waals surface area contributed by atoms with Crippen molar-refractivity contribution in [2.75, 3.05) is 19.6 Å². The van der Waals surface area contributed by atoms with Crippen molar-refractivity contribution in [3.8, 4) is 5.75 Å². The van der Waals surface area contributed by atoms with Gasteiger partial charge < -0.3 is 15.0 Å². The molecule has 0 aliphatic carbocycles. The predicted octanol–water partition coefficient (Wildman–Crippen LogP) is 3.20. The summed E-state index contributed by atoms with van der Waals surface area (Å²) in [5.74, 6) is 2.47. The van der Waals surface area contributed by atoms with Crippen molar-refractivity contribution in [2.24, 2.45) is 5.41 Å². The molecule has 8 nitrogen and oxygen atoms in total. The van der Waals surface area contributed by atoms with Crippen LogP contribution in [0.1, 0.15) is 62.7 Å². The predicted molar refractivity (Wildman–Crippen MR) is 129 cm³/mol. The van der Waals surface area contributed by atoms with Crippen LogP contribution in [0.5, 0.6) is 5.75 Å². The molecule has 1 spiro atoms. The minimum atomic E-state index is -0.539. The number of carbonyl (C=O) groups excluding carboxylic acids is 2. The standard InChI is InChI=1S/C26H37N5O3/c1-19-25(33)27-18-26(12-7-6-9-22-8-4-5-10-23(22)34-19)13-16-30(17-14-26)24(32)11-15-31-21(3)28-20(2)29-31/h4-5,8,10,19H,6-7,9,11-18H2,1-3H3,(H,27,33)/t19-/m1/s1. The van der Waals surface area contributed by atoms with Gasteiger partial charge in [0.05, 0.1) is 6.54 Å². The molecule has 3 heterocycles. The fraction of sp³-hybridized carbons (Fsp3) is 0.615. The van der Waals surface area contributed by atoms with E-state index in [0.29, 0.717) is 19.5 Å². The van der Waals surface area contributed by atoms with E-state index >= 15 is 0 Å². The lowest BCUT2D eigenvalue weighted by molar-refractivity contribution is -0.134. The van der Waals surface area contributed by atoms with Gasteiger partial charge in [0, 0.05) is 26.1 Å². The number of likely N-dealkylation sites (tertiary alicyclic amines) is 1. The zero-order valence-corrected chi connectivity index (χ0v) is 20.7. The number of nitrogens with one attached hydrogen (secondary N) is 1. The number of hydrogen-bond acceptors (Lipinski definition) is 5. The van der Waals surface area contributed by atoms with Gasteiger partial charge in [0.2, 0.25) is 5.91 Å². The average Bonchev–Trinajstić information content (AvgIpc) is 3.16. The first kappa shape index (κ1) is 24.2. The van der Waals surface area contributed by atoms with E-state index in [1.807, 2.05) is 48.6 Å². The topological polar surface area (TPSA) is 89.4 Å². The molecule has 2 aliphatic rings. The molecule has 0 unspecified atom stereocenters. The van der Waals surface area contributed by atoms with Gasteiger partial charge in [-0.3, -0.25) is 9.59 Å². The minimum Gasteiger partial charge on any atom is -0.481 e. The lowest BCUT2D eigenvalue weighted by Gasteiger charge is -2.42. The Kier molecular flexibility index (Phi) is 7.54. The van der Waals surface area contributed by atoms with Gasteiger partial charge in [-0.25, -0.2) is 9.67 Å². The van der Waals surface area contributed by atoms with Crippen LogP contribution in [-0.2, 0) is 22.6 Å². The Morgan fingerprint density at radius 1 is 1.18 bits per heavy atom. The Labute approximate surface area is 202 Å². The van der Waals surface area contributed by atoms with E-state index in [9.17, 15) is 9.59 Å². The Hall–Kier alpha value is -2.90. The van der Waals surface area contributed by atoms with Crippen LogP contribution in [0.3, 0.4) is 0 Å². The highest BCUT2D eigenvalue weighted by Crippen LogP contribution is 2.37. The number of fused-ring (bicyclic) bond motifs is 1. The lowest BCUT2D eigenvalue weighted by Crippen LogP contribution is -2.49. The zero-order chi connectivity index (χ0) is 24.1. The Morgan fingerprint density at radius 2 is 1.94 bits per heavy atom. The summed E-state index contributed by atoms with van der Waals surface area (Å²) in [6.45, 7) is 8.26. The van der Waals surface area contributed by atoms with E-state index in [-0.39, 0.29) is 17.2 Å². The fourth-order valence-electron chi connectivity index (χ4n) is 5.18. The third-order valence-electron chi connectivity index (χ3n) is 7.36. The van der Waals surface area contributed by atoms with Crippen LogP contribution in [0, 0.1) is 19.3 Å². The summed E-state index contributed by atoms with van der Waals surface area (Å²) >= 11 is 0. The molecule has 0 radical (unpaired) electrons. The average molecular weight is 468 g/mol. The van der Waals surface area contributed by atoms with E-state index in [1.54, 1.807) is 0 Å². The second-order valence-corrected chi connectivity index (χ2v) is 9.85. The molecule has 1 N–H and O–H groups in total. The smallest absolute Gasteiger partial charge is 0.260 e. The van der Waals surface area contributed by atoms with Gasteiger partial charge in [0.15, 0.2) is 6.10 Å². The monoisotopic (exact) mass is 467 g/mol. The molecule has 1 aromatic heterocycles. The molecule has 184 valence electrons. The summed E-state index contributed by atoms with van der Waals surface area (Å²) in [7, 11) is 0. The molecule has 4 rings (SSSR count). The molecule has 0 saturated carbocycles. The van der Waals surface area contributed by atoms with Crippen LogP contribution < -0.4 is 10.1 Å². The number of aromatic nitrogens is 3. The number of benzene rings is 1. The first-order valence-electron chi connectivity index (χ1n) is 12.5. The molecule has 1 atom stereocenters. The molecule has 1 fully saturated rings. The van der Waals surface area contributed by atoms with Gasteiger partial charge >= 0.3 is 0 Å². The Bertz CT molecular complexity index is 1010. The van der Waals surface area contributed by atoms with Crippen molar-refractivity contribution in [3.05, 3.63) is 41.5 Å². The molecule has 1 aromatic carbocycles. The lowest BCUT2D eigenvalue weighted by atomic mass is 9.74. The maximum Gasteiger partial charge on any atom is 0.260 e. The van der Waals surface area contributed by atoms with E-state index in [1.165, 1.54) is 0 Å². The first-order valence-corrected chi connectivity index (χ1v) is 12.5. The van der Waals surface area contributed by atoms with Crippen molar-refractivity contribution >= 4 is 11.8 Å². The molecule has 8 heteroatoms. The van der Waals surface area contributed by atoms with Gasteiger partial charge in [-0.2, -0.15) is 5.10 Å². The largest absolute Gasteiger partial charge is 0.481 e. The molecule has 0 bridgehead atoms. The van der Waals surface area contributed by atoms with Crippen molar-refractivity contribution in [2.45, 2.75) is 78.4 Å². The first-order chi connectivity index (χ1) is 16.3. The third kappa shape index (κ3) is 5.77. The zero-order valence-electron chi connectivity index (χ0n) is 20.7. The van der Waals surface area contributed by atoms with Crippen LogP contribution >= 0.6 is 0 Å². The van der Waals surface area contributed by atoms with Crippen LogP contribution in [0.2, 0.25) is 0 Å². The van der Waals surface area contributed by atoms with Crippen molar-refractivity contribution in [1.29, 1.82) is 0 Å². The minimum absolute atomic E-state index is 0.0322. The highest BCUT2D eigenvalue weighted by atomic mass is 16.5. The quantitative estimate of drug-likeness (QED) is 0.749. The van der Waals surface area contributed by atoms with E-state index < -0.39 is 6.10 Å². The highest BCUT2D eigenvalue weighted by molar-refractivity contribution is 5.80. The Morgan fingerprint density at radius 3 is 2.68 bits per heavy atom. The van der Waals surface area contributed by atoms with Crippen molar-refractivity contribution in [1.82, 2.24) is 25.0 Å². The number of piperidine rings is 1. The summed E-state index contributed by atoms with van der Waals surface area (Å²) < 4.78 is 7.81. The Balaban J connectivity index is 1.35. The van der Waals surface area contributed by atoms with Crippen LogP contribution in [0.4, 0.5) is 0 Å². The molecule has 1 saturated heterocycles. The maximum atomic E-state index is 12.9. The van der Waals surface area contributed by atoms with Crippen LogP contribution in [0.25, 0.3) is 0 Å². The summed E-state index contributed by atoms with van der Waals surface area (Å²) in [6, 6.07) is 8.02. The van der Waals surface area contributed by atoms with E-state index in [2.05, 4.69) is 21.5 Å². The van der Waals surface area contributed by atoms with Crippen molar-refractivity contribution in [3.63, 3.8) is 0 Å². The summed E-state index contributed by atoms with van der Waals surface area (Å²) in [5.41, 5.74) is 1.19. The molecule has 2 aliphatic heterocycles. The molecular formula is C26H37N5O3. The number of nitrogens with zero attached hydrogens (tertiary/aromatic N) is 4. The number of para-hydroxylation sites is 1. The van der Waals surface area contributed by atoms with Gasteiger partial charge in [-0.1, -0.05) is 24.6 Å². The molecule has 2 aromatic rings. The highest BCUT2D eigenvalue weighted by Gasteiger charge is 2.36. The maximum absolute atomic E-state index is 12.9. The SMILES string of the molecule is Cc1nc(C)n(CCC(=O)N2CCC3(CCCCc4ccccc4O[C@H](C)C(=O)NC3)CC2)n1. The molecule has 34 heavy (non-hydrogen) atoms. The van der Waals surface area contributed by atoms with Crippen LogP contribution in [0.15, 0.2) is 24.3 Å². The number of aryl methyl sites for hydroxylation is 4. The summed E-state index contributed by atoms with van der Waals surface area (Å²) in [4.78, 5) is 31.9. The van der Waals surface area contributed by atoms with E-state index in [4.69, 9.17) is 4.74 Å². The molecule has 2 amide bonds. The van der Waals surface area contributed by atoms with Gasteiger partial charge in [0.25, 0.3) is 5.91 Å². The molecular weight excluding hydrogens is 430 g/mol. The van der Waals surface area contributed by atoms with Crippen LogP contribution in [-0.4, -0.2) is 57.2 Å². The number of hydrogen-bond donors (Lipinski definition) is 1. The third-order valence-corrected chi connectivity index (χ3v) is 7.36. The van der Waals surface area contributed by atoms with Gasteiger partial charge in [0.1, 0.15) is 17.4 Å². The second kappa shape index (κ2) is 10.6. The van der Waals surface area contributed by atoms with Crippen molar-refractivity contribution < 1.29 is 14.3 Å². The second-order valence-electron chi connectivity index (χ2n) is 9.85. The summed E-state index contributed by atoms with van der Waals surface area (Å²) in [6.07, 6.45) is 5.90.